The van der Waals surface area contributed by atoms with Crippen LogP contribution < -0.4 is 11.2 Å². The molecule has 1 aliphatic rings. The second kappa shape index (κ2) is 4.80. The van der Waals surface area contributed by atoms with Crippen LogP contribution in [0.4, 0.5) is 13.2 Å². The van der Waals surface area contributed by atoms with Crippen LogP contribution in [-0.2, 0) is 6.54 Å². The number of thiophene rings is 1. The highest BCUT2D eigenvalue weighted by atomic mass is 32.1. The van der Waals surface area contributed by atoms with Gasteiger partial charge < -0.3 is 0 Å². The average molecular weight is 332 g/mol. The number of aryl methyl sites for hydroxylation is 1. The zero-order valence-corrected chi connectivity index (χ0v) is 12.3. The number of halogens is 3. The minimum Gasteiger partial charge on any atom is -0.297 e. The molecule has 3 rings (SSSR count). The molecule has 9 heteroatoms. The number of hydrogen-bond donors (Lipinski definition) is 0. The molecule has 5 nitrogen and oxygen atoms in total. The minimum atomic E-state index is -4.60. The van der Waals surface area contributed by atoms with Crippen LogP contribution in [0.15, 0.2) is 9.59 Å². The van der Waals surface area contributed by atoms with Gasteiger partial charge in [0, 0.05) is 6.04 Å². The third-order valence-electron chi connectivity index (χ3n) is 3.64. The average Bonchev–Trinajstić information content (AvgIpc) is 3.17. The molecule has 1 saturated carbocycles. The number of carbonyl (C=O) groups excluding carboxylic acids is 1. The first-order chi connectivity index (χ1) is 10.2. The molecular formula is C13H11F3N2O3S. The summed E-state index contributed by atoms with van der Waals surface area (Å²) >= 11 is 0.742. The summed E-state index contributed by atoms with van der Waals surface area (Å²) in [6.07, 6.45) is -2.92. The maximum Gasteiger partial charge on any atom is 0.406 e. The smallest absolute Gasteiger partial charge is 0.297 e. The van der Waals surface area contributed by atoms with E-state index in [-0.39, 0.29) is 21.1 Å². The fraction of sp³-hybridized carbons (Fsp3) is 0.462. The lowest BCUT2D eigenvalue weighted by Gasteiger charge is -2.13. The van der Waals surface area contributed by atoms with Gasteiger partial charge in [-0.2, -0.15) is 13.2 Å². The summed E-state index contributed by atoms with van der Waals surface area (Å²) in [7, 11) is 0. The summed E-state index contributed by atoms with van der Waals surface area (Å²) in [6.45, 7) is 0.0250. The predicted molar refractivity (Wildman–Crippen MR) is 74.8 cm³/mol. The number of carbonyl (C=O) groups is 1. The van der Waals surface area contributed by atoms with Crippen LogP contribution in [0.25, 0.3) is 10.2 Å². The molecule has 22 heavy (non-hydrogen) atoms. The van der Waals surface area contributed by atoms with Crippen LogP contribution in [0.1, 0.15) is 34.1 Å². The Morgan fingerprint density at radius 1 is 1.32 bits per heavy atom. The van der Waals surface area contributed by atoms with E-state index in [1.165, 1.54) is 6.92 Å². The van der Waals surface area contributed by atoms with Crippen molar-refractivity contribution in [1.29, 1.82) is 0 Å². The molecule has 118 valence electrons. The Hall–Kier alpha value is -1.90. The number of aldehydes is 1. The molecule has 2 heterocycles. The number of fused-ring (bicyclic) bond motifs is 1. The summed E-state index contributed by atoms with van der Waals surface area (Å²) in [6, 6.07) is -0.345. The van der Waals surface area contributed by atoms with Gasteiger partial charge in [0.1, 0.15) is 11.4 Å². The normalized spacial score (nSPS) is 15.5. The SMILES string of the molecule is Cc1c(C=O)sc2c1c(=O)n(C1CC1)c(=O)n2CC(F)(F)F. The van der Waals surface area contributed by atoms with Crippen molar-refractivity contribution >= 4 is 27.8 Å². The zero-order valence-electron chi connectivity index (χ0n) is 11.4. The Morgan fingerprint density at radius 2 is 1.95 bits per heavy atom. The Bertz CT molecular complexity index is 887. The van der Waals surface area contributed by atoms with E-state index in [0.29, 0.717) is 29.3 Å². The maximum absolute atomic E-state index is 12.8. The molecule has 1 fully saturated rings. The van der Waals surface area contributed by atoms with Crippen molar-refractivity contribution in [1.82, 2.24) is 9.13 Å². The fourth-order valence-corrected chi connectivity index (χ4v) is 3.57. The fourth-order valence-electron chi connectivity index (χ4n) is 2.47. The molecule has 0 aromatic carbocycles. The van der Waals surface area contributed by atoms with Crippen molar-refractivity contribution in [2.75, 3.05) is 0 Å². The van der Waals surface area contributed by atoms with Gasteiger partial charge in [0.25, 0.3) is 5.56 Å². The van der Waals surface area contributed by atoms with Crippen LogP contribution >= 0.6 is 11.3 Å². The van der Waals surface area contributed by atoms with E-state index in [9.17, 15) is 27.6 Å². The molecule has 2 aromatic heterocycles. The molecule has 0 spiro atoms. The van der Waals surface area contributed by atoms with Gasteiger partial charge in [0.15, 0.2) is 6.29 Å². The third-order valence-corrected chi connectivity index (χ3v) is 4.88. The molecule has 0 bridgehead atoms. The molecule has 2 aromatic rings. The zero-order chi connectivity index (χ0) is 16.2. The maximum atomic E-state index is 12.8. The van der Waals surface area contributed by atoms with Crippen molar-refractivity contribution in [3.05, 3.63) is 31.3 Å². The van der Waals surface area contributed by atoms with Gasteiger partial charge in [-0.15, -0.1) is 11.3 Å². The lowest BCUT2D eigenvalue weighted by atomic mass is 10.2. The minimum absolute atomic E-state index is 0.0304. The quantitative estimate of drug-likeness (QED) is 0.810. The molecule has 0 radical (unpaired) electrons. The molecule has 1 aliphatic carbocycles. The number of rotatable bonds is 3. The van der Waals surface area contributed by atoms with E-state index in [1.807, 2.05) is 0 Å². The van der Waals surface area contributed by atoms with E-state index >= 15 is 0 Å². The highest BCUT2D eigenvalue weighted by Crippen LogP contribution is 2.34. The van der Waals surface area contributed by atoms with Crippen LogP contribution in [0.5, 0.6) is 0 Å². The molecule has 0 unspecified atom stereocenters. The Labute approximate surface area is 125 Å². The monoisotopic (exact) mass is 332 g/mol. The number of alkyl halides is 3. The van der Waals surface area contributed by atoms with E-state index < -0.39 is 24.0 Å². The Kier molecular flexibility index (Phi) is 3.28. The van der Waals surface area contributed by atoms with E-state index in [0.717, 1.165) is 15.9 Å². The summed E-state index contributed by atoms with van der Waals surface area (Å²) in [5, 5.41) is 0.0304. The first-order valence-corrected chi connectivity index (χ1v) is 7.36. The van der Waals surface area contributed by atoms with Crippen LogP contribution in [-0.4, -0.2) is 21.6 Å². The van der Waals surface area contributed by atoms with Crippen molar-refractivity contribution in [3.63, 3.8) is 0 Å². The van der Waals surface area contributed by atoms with E-state index in [2.05, 4.69) is 0 Å². The summed E-state index contributed by atoms with van der Waals surface area (Å²) in [4.78, 5) is 35.9. The van der Waals surface area contributed by atoms with Gasteiger partial charge in [-0.3, -0.25) is 18.7 Å². The van der Waals surface area contributed by atoms with Gasteiger partial charge >= 0.3 is 11.9 Å². The summed E-state index contributed by atoms with van der Waals surface area (Å²) in [5.74, 6) is 0. The molecule has 0 amide bonds. The first kappa shape index (κ1) is 15.0. The van der Waals surface area contributed by atoms with E-state index in [1.54, 1.807) is 0 Å². The molecule has 0 atom stereocenters. The van der Waals surface area contributed by atoms with Gasteiger partial charge in [-0.05, 0) is 25.3 Å². The number of aromatic nitrogens is 2. The lowest BCUT2D eigenvalue weighted by molar-refractivity contribution is -0.140. The van der Waals surface area contributed by atoms with Crippen LogP contribution in [0.2, 0.25) is 0 Å². The third kappa shape index (κ3) is 2.29. The highest BCUT2D eigenvalue weighted by Gasteiger charge is 2.34. The number of nitrogens with zero attached hydrogens (tertiary/aromatic N) is 2. The van der Waals surface area contributed by atoms with Crippen LogP contribution in [0.3, 0.4) is 0 Å². The highest BCUT2D eigenvalue weighted by molar-refractivity contribution is 7.20. The second-order valence-corrected chi connectivity index (χ2v) is 6.31. The van der Waals surface area contributed by atoms with Crippen LogP contribution in [0, 0.1) is 6.92 Å². The number of hydrogen-bond acceptors (Lipinski definition) is 4. The summed E-state index contributed by atoms with van der Waals surface area (Å²) in [5.41, 5.74) is -1.25. The lowest BCUT2D eigenvalue weighted by Crippen LogP contribution is -2.41. The van der Waals surface area contributed by atoms with Crippen molar-refractivity contribution in [2.24, 2.45) is 0 Å². The topological polar surface area (TPSA) is 61.1 Å². The standard InChI is InChI=1S/C13H11F3N2O3S/c1-6-8(4-19)22-11-9(6)10(20)18(7-2-3-7)12(21)17(11)5-13(14,15)16/h4,7H,2-3,5H2,1H3. The second-order valence-electron chi connectivity index (χ2n) is 5.28. The predicted octanol–water partition coefficient (Wildman–Crippen LogP) is 2.24. The first-order valence-electron chi connectivity index (χ1n) is 6.55. The summed E-state index contributed by atoms with van der Waals surface area (Å²) < 4.78 is 39.8. The largest absolute Gasteiger partial charge is 0.406 e. The Morgan fingerprint density at radius 3 is 2.45 bits per heavy atom. The molecule has 0 saturated heterocycles. The molecular weight excluding hydrogens is 321 g/mol. The van der Waals surface area contributed by atoms with Gasteiger partial charge in [0.2, 0.25) is 0 Å². The van der Waals surface area contributed by atoms with Crippen molar-refractivity contribution < 1.29 is 18.0 Å². The Balaban J connectivity index is 2.43. The van der Waals surface area contributed by atoms with Crippen molar-refractivity contribution in [2.45, 2.75) is 38.5 Å². The van der Waals surface area contributed by atoms with Gasteiger partial charge in [0.05, 0.1) is 10.3 Å². The van der Waals surface area contributed by atoms with Gasteiger partial charge in [-0.1, -0.05) is 0 Å². The molecule has 0 N–H and O–H groups in total. The molecule has 0 aliphatic heterocycles. The van der Waals surface area contributed by atoms with Crippen molar-refractivity contribution in [3.8, 4) is 0 Å². The van der Waals surface area contributed by atoms with Gasteiger partial charge in [-0.25, -0.2) is 4.79 Å². The van der Waals surface area contributed by atoms with E-state index in [4.69, 9.17) is 0 Å².